The Labute approximate surface area is 181 Å². The molecule has 0 aliphatic carbocycles. The Bertz CT molecular complexity index is 1270. The highest BCUT2D eigenvalue weighted by Crippen LogP contribution is 2.39. The van der Waals surface area contributed by atoms with Gasteiger partial charge in [-0.15, -0.1) is 0 Å². The lowest BCUT2D eigenvalue weighted by Gasteiger charge is -2.33. The molecule has 1 heterocycles. The van der Waals surface area contributed by atoms with E-state index in [9.17, 15) is 13.2 Å². The maximum Gasteiger partial charge on any atom is 0.265 e. The fraction of sp³-hybridized carbons (Fsp3) is 0.125. The molecule has 4 rings (SSSR count). The van der Waals surface area contributed by atoms with Crippen molar-refractivity contribution >= 4 is 27.2 Å². The summed E-state index contributed by atoms with van der Waals surface area (Å²) in [6.45, 7) is 1.83. The van der Waals surface area contributed by atoms with Gasteiger partial charge in [0, 0.05) is 17.7 Å². The van der Waals surface area contributed by atoms with Crippen LogP contribution in [0.25, 0.3) is 5.70 Å². The van der Waals surface area contributed by atoms with Crippen LogP contribution in [0.1, 0.15) is 22.8 Å². The number of para-hydroxylation sites is 2. The van der Waals surface area contributed by atoms with Crippen LogP contribution < -0.4 is 10.1 Å². The Morgan fingerprint density at radius 2 is 1.58 bits per heavy atom. The third kappa shape index (κ3) is 3.57. The van der Waals surface area contributed by atoms with E-state index in [0.29, 0.717) is 28.3 Å². The monoisotopic (exact) mass is 434 g/mol. The van der Waals surface area contributed by atoms with Crippen LogP contribution in [0.15, 0.2) is 89.5 Å². The van der Waals surface area contributed by atoms with E-state index < -0.39 is 10.0 Å². The number of ketones is 1. The van der Waals surface area contributed by atoms with Gasteiger partial charge in [-0.2, -0.15) is 0 Å². The molecule has 158 valence electrons. The number of carbonyl (C=O) groups excluding carboxylic acids is 1. The van der Waals surface area contributed by atoms with Gasteiger partial charge in [-0.05, 0) is 25.1 Å². The van der Waals surface area contributed by atoms with Crippen molar-refractivity contribution in [3.05, 3.63) is 95.7 Å². The van der Waals surface area contributed by atoms with Crippen LogP contribution in [0.5, 0.6) is 5.75 Å². The molecule has 31 heavy (non-hydrogen) atoms. The maximum absolute atomic E-state index is 13.6. The Morgan fingerprint density at radius 1 is 0.935 bits per heavy atom. The zero-order chi connectivity index (χ0) is 22.0. The lowest BCUT2D eigenvalue weighted by Crippen LogP contribution is -2.39. The molecule has 0 atom stereocenters. The van der Waals surface area contributed by atoms with Gasteiger partial charge in [0.2, 0.25) is 5.78 Å². The molecule has 0 aromatic heterocycles. The number of benzene rings is 3. The van der Waals surface area contributed by atoms with Crippen molar-refractivity contribution in [1.29, 1.82) is 0 Å². The molecular weight excluding hydrogens is 412 g/mol. The van der Waals surface area contributed by atoms with Gasteiger partial charge in [0.05, 0.1) is 23.4 Å². The quantitative estimate of drug-likeness (QED) is 0.583. The average Bonchev–Trinajstić information content (AvgIpc) is 2.81. The number of allylic oxidation sites excluding steroid dienone is 1. The lowest BCUT2D eigenvalue weighted by molar-refractivity contribution is 0.101. The van der Waals surface area contributed by atoms with E-state index in [1.807, 2.05) is 24.3 Å². The van der Waals surface area contributed by atoms with Crippen LogP contribution in [0.3, 0.4) is 0 Å². The molecule has 0 radical (unpaired) electrons. The number of fused-ring (bicyclic) bond motifs is 1. The van der Waals surface area contributed by atoms with Crippen LogP contribution in [0, 0.1) is 0 Å². The predicted octanol–water partition coefficient (Wildman–Crippen LogP) is 4.38. The van der Waals surface area contributed by atoms with Crippen molar-refractivity contribution in [2.24, 2.45) is 0 Å². The molecule has 3 aromatic rings. The smallest absolute Gasteiger partial charge is 0.265 e. The molecule has 1 aliphatic rings. The van der Waals surface area contributed by atoms with Crippen molar-refractivity contribution in [1.82, 2.24) is 4.31 Å². The summed E-state index contributed by atoms with van der Waals surface area (Å²) in [7, 11) is -2.33. The first-order valence-corrected chi connectivity index (χ1v) is 11.3. The van der Waals surface area contributed by atoms with Crippen molar-refractivity contribution in [3.8, 4) is 5.75 Å². The second kappa shape index (κ2) is 8.28. The number of methoxy groups -OCH3 is 1. The van der Waals surface area contributed by atoms with Gasteiger partial charge < -0.3 is 10.1 Å². The molecule has 3 aromatic carbocycles. The molecule has 0 fully saturated rings. The Morgan fingerprint density at radius 3 is 2.29 bits per heavy atom. The van der Waals surface area contributed by atoms with Crippen molar-refractivity contribution < 1.29 is 17.9 Å². The number of likely N-dealkylation sites (N-methyl/N-ethyl adjacent to an activating group) is 1. The lowest BCUT2D eigenvalue weighted by atomic mass is 10.0. The van der Waals surface area contributed by atoms with Gasteiger partial charge in [-0.3, -0.25) is 9.10 Å². The summed E-state index contributed by atoms with van der Waals surface area (Å²) in [5.41, 5.74) is 1.98. The third-order valence-corrected chi connectivity index (χ3v) is 7.05. The molecule has 6 nitrogen and oxygen atoms in total. The molecular formula is C24H22N2O4S. The maximum atomic E-state index is 13.6. The van der Waals surface area contributed by atoms with E-state index in [0.717, 1.165) is 0 Å². The minimum atomic E-state index is -3.89. The summed E-state index contributed by atoms with van der Waals surface area (Å²) in [4.78, 5) is 13.7. The standard InChI is InChI=1S/C24H22N2O4S/c1-3-26-23(24(27)17-11-5-4-6-12-17)22(25-19-14-8-9-15-20(19)30-2)18-13-7-10-16-21(18)31(26,28)29/h4-16,25H,3H2,1-2H3. The zero-order valence-electron chi connectivity index (χ0n) is 17.2. The molecule has 1 aliphatic heterocycles. The minimum Gasteiger partial charge on any atom is -0.495 e. The largest absolute Gasteiger partial charge is 0.495 e. The van der Waals surface area contributed by atoms with E-state index >= 15 is 0 Å². The molecule has 0 unspecified atom stereocenters. The second-order valence-corrected chi connectivity index (χ2v) is 8.74. The number of sulfonamides is 1. The number of rotatable bonds is 6. The highest BCUT2D eigenvalue weighted by molar-refractivity contribution is 7.89. The van der Waals surface area contributed by atoms with Crippen LogP contribution >= 0.6 is 0 Å². The van der Waals surface area contributed by atoms with E-state index in [-0.39, 0.29) is 22.9 Å². The number of nitrogens with one attached hydrogen (secondary N) is 1. The van der Waals surface area contributed by atoms with E-state index in [1.54, 1.807) is 68.6 Å². The molecule has 0 saturated carbocycles. The topological polar surface area (TPSA) is 75.7 Å². The summed E-state index contributed by atoms with van der Waals surface area (Å²) in [6, 6.07) is 22.7. The Hall–Kier alpha value is -3.58. The Balaban J connectivity index is 2.01. The molecule has 0 spiro atoms. The zero-order valence-corrected chi connectivity index (χ0v) is 18.0. The number of carbonyl (C=O) groups is 1. The van der Waals surface area contributed by atoms with E-state index in [4.69, 9.17) is 4.74 Å². The van der Waals surface area contributed by atoms with Crippen LogP contribution in [0.2, 0.25) is 0 Å². The average molecular weight is 435 g/mol. The predicted molar refractivity (Wildman–Crippen MR) is 120 cm³/mol. The Kier molecular flexibility index (Phi) is 5.52. The molecule has 7 heteroatoms. The first-order chi connectivity index (χ1) is 15.0. The molecule has 0 saturated heterocycles. The number of ether oxygens (including phenoxy) is 1. The number of nitrogens with zero attached hydrogens (tertiary/aromatic N) is 1. The van der Waals surface area contributed by atoms with Gasteiger partial charge in [0.15, 0.2) is 0 Å². The fourth-order valence-corrected chi connectivity index (χ4v) is 5.37. The van der Waals surface area contributed by atoms with E-state index in [1.165, 1.54) is 4.31 Å². The first-order valence-electron chi connectivity index (χ1n) is 9.85. The molecule has 0 amide bonds. The highest BCUT2D eigenvalue weighted by Gasteiger charge is 2.39. The van der Waals surface area contributed by atoms with Crippen molar-refractivity contribution in [2.75, 3.05) is 19.0 Å². The summed E-state index contributed by atoms with van der Waals surface area (Å²) >= 11 is 0. The second-order valence-electron chi connectivity index (χ2n) is 6.91. The van der Waals surface area contributed by atoms with Gasteiger partial charge in [0.1, 0.15) is 11.4 Å². The SMILES string of the molecule is CCN1C(C(=O)c2ccccc2)=C(Nc2ccccc2OC)c2ccccc2S1(=O)=O. The van der Waals surface area contributed by atoms with Crippen LogP contribution in [-0.4, -0.2) is 32.2 Å². The first kappa shape index (κ1) is 20.7. The van der Waals surface area contributed by atoms with Crippen molar-refractivity contribution in [3.63, 3.8) is 0 Å². The summed E-state index contributed by atoms with van der Waals surface area (Å²) < 4.78 is 33.4. The highest BCUT2D eigenvalue weighted by atomic mass is 32.2. The molecule has 0 bridgehead atoms. The van der Waals surface area contributed by atoms with Crippen LogP contribution in [0.4, 0.5) is 5.69 Å². The van der Waals surface area contributed by atoms with Crippen molar-refractivity contribution in [2.45, 2.75) is 11.8 Å². The third-order valence-electron chi connectivity index (χ3n) is 5.12. The number of Topliss-reactive ketones (excluding diaryl/α,β-unsaturated/α-hetero) is 1. The van der Waals surface area contributed by atoms with E-state index in [2.05, 4.69) is 5.32 Å². The molecule has 1 N–H and O–H groups in total. The van der Waals surface area contributed by atoms with Gasteiger partial charge in [-0.25, -0.2) is 8.42 Å². The summed E-state index contributed by atoms with van der Waals surface area (Å²) in [6.07, 6.45) is 0. The number of hydrogen-bond acceptors (Lipinski definition) is 5. The van der Waals surface area contributed by atoms with Gasteiger partial charge in [-0.1, -0.05) is 60.7 Å². The number of anilines is 1. The summed E-state index contributed by atoms with van der Waals surface area (Å²) in [5.74, 6) is 0.202. The van der Waals surface area contributed by atoms with Gasteiger partial charge in [0.25, 0.3) is 10.0 Å². The normalized spacial score (nSPS) is 14.7. The minimum absolute atomic E-state index is 0.0818. The fourth-order valence-electron chi connectivity index (χ4n) is 3.68. The number of hydrogen-bond donors (Lipinski definition) is 1. The van der Waals surface area contributed by atoms with Crippen LogP contribution in [-0.2, 0) is 10.0 Å². The summed E-state index contributed by atoms with van der Waals surface area (Å²) in [5, 5.41) is 3.29. The van der Waals surface area contributed by atoms with Gasteiger partial charge >= 0.3 is 0 Å².